The van der Waals surface area contributed by atoms with Gasteiger partial charge in [-0.05, 0) is 93.2 Å². The molecule has 2 heterocycles. The van der Waals surface area contributed by atoms with Gasteiger partial charge in [0, 0.05) is 29.4 Å². The molecule has 1 aromatic heterocycles. The summed E-state index contributed by atoms with van der Waals surface area (Å²) in [5.74, 6) is -1.84. The van der Waals surface area contributed by atoms with E-state index in [4.69, 9.17) is 25.2 Å². The Hall–Kier alpha value is -5.34. The highest BCUT2D eigenvalue weighted by atomic mass is 19.1. The van der Waals surface area contributed by atoms with E-state index in [9.17, 15) is 18.8 Å². The van der Waals surface area contributed by atoms with Crippen molar-refractivity contribution in [2.75, 3.05) is 38.3 Å². The smallest absolute Gasteiger partial charge is 0.257 e. The van der Waals surface area contributed by atoms with Gasteiger partial charge in [-0.15, -0.1) is 0 Å². The number of ether oxygens (including phenoxy) is 3. The number of primary amides is 1. The predicted molar refractivity (Wildman–Crippen MR) is 174 cm³/mol. The number of likely N-dealkylation sites (tertiary alicyclic amines) is 1. The molecule has 0 bridgehead atoms. The molecule has 12 nitrogen and oxygen atoms in total. The number of methoxy groups -OCH3 is 1. The van der Waals surface area contributed by atoms with Gasteiger partial charge < -0.3 is 19.9 Å². The first kappa shape index (κ1) is 33.6. The van der Waals surface area contributed by atoms with Gasteiger partial charge in [0.15, 0.2) is 23.1 Å². The summed E-state index contributed by atoms with van der Waals surface area (Å²) in [5, 5.41) is 9.29. The summed E-state index contributed by atoms with van der Waals surface area (Å²) in [6, 6.07) is 14.0. The number of nitrogens with zero attached hydrogens (tertiary/aromatic N) is 3. The molecule has 1 aliphatic carbocycles. The molecule has 3 aromatic carbocycles. The van der Waals surface area contributed by atoms with Crippen molar-refractivity contribution in [3.8, 4) is 23.0 Å². The number of benzene rings is 3. The Kier molecular flexibility index (Phi) is 9.60. The fraction of sp³-hybridized carbons (Fsp3) is 0.314. The summed E-state index contributed by atoms with van der Waals surface area (Å²) in [5.41, 5.74) is 6.68. The van der Waals surface area contributed by atoms with Gasteiger partial charge in [-0.3, -0.25) is 34.4 Å². The second kappa shape index (κ2) is 14.0. The van der Waals surface area contributed by atoms with E-state index in [2.05, 4.69) is 4.98 Å². The lowest BCUT2D eigenvalue weighted by Crippen LogP contribution is -2.41. The lowest BCUT2D eigenvalue weighted by molar-refractivity contribution is -0.133. The second-order valence-electron chi connectivity index (χ2n) is 12.2. The Balaban J connectivity index is 1.20. The molecule has 1 saturated heterocycles. The van der Waals surface area contributed by atoms with E-state index < -0.39 is 34.8 Å². The predicted octanol–water partition coefficient (Wildman–Crippen LogP) is 4.84. The zero-order valence-electron chi connectivity index (χ0n) is 26.7. The number of hydroxylamine groups is 1. The molecule has 4 aromatic rings. The molecule has 14 heteroatoms. The van der Waals surface area contributed by atoms with Gasteiger partial charge in [0.05, 0.1) is 31.5 Å². The molecule has 2 fully saturated rings. The van der Waals surface area contributed by atoms with E-state index in [1.165, 1.54) is 49.7 Å². The van der Waals surface area contributed by atoms with Gasteiger partial charge in [-0.2, -0.15) is 0 Å². The van der Waals surface area contributed by atoms with Crippen LogP contribution in [0.4, 0.5) is 20.2 Å². The molecule has 3 amide bonds. The number of piperidine rings is 1. The molecule has 1 aliphatic heterocycles. The number of fused-ring (bicyclic) bond motifs is 1. The van der Waals surface area contributed by atoms with E-state index in [1.807, 2.05) is 4.90 Å². The van der Waals surface area contributed by atoms with Gasteiger partial charge in [0.2, 0.25) is 11.8 Å². The molecule has 2 aliphatic rings. The van der Waals surface area contributed by atoms with Crippen LogP contribution in [0.2, 0.25) is 0 Å². The molecule has 6 rings (SSSR count). The van der Waals surface area contributed by atoms with Crippen LogP contribution in [-0.4, -0.2) is 66.2 Å². The Morgan fingerprint density at radius 2 is 1.69 bits per heavy atom. The molecule has 0 radical (unpaired) electrons. The Morgan fingerprint density at radius 1 is 0.980 bits per heavy atom. The fourth-order valence-electron chi connectivity index (χ4n) is 5.96. The molecular formula is C35H35F2N5O7. The first-order valence-corrected chi connectivity index (χ1v) is 15.7. The van der Waals surface area contributed by atoms with Gasteiger partial charge in [-0.1, -0.05) is 0 Å². The van der Waals surface area contributed by atoms with Crippen LogP contribution in [-0.2, 0) is 14.4 Å². The summed E-state index contributed by atoms with van der Waals surface area (Å²) < 4.78 is 47.2. The van der Waals surface area contributed by atoms with Crippen LogP contribution in [0.5, 0.6) is 23.0 Å². The van der Waals surface area contributed by atoms with Crippen LogP contribution in [0.25, 0.3) is 10.9 Å². The van der Waals surface area contributed by atoms with E-state index in [-0.39, 0.29) is 48.2 Å². The van der Waals surface area contributed by atoms with E-state index in [0.29, 0.717) is 42.1 Å². The highest BCUT2D eigenvalue weighted by molar-refractivity contribution is 6.16. The summed E-state index contributed by atoms with van der Waals surface area (Å²) >= 11 is 0. The maximum absolute atomic E-state index is 15.7. The Bertz CT molecular complexity index is 1880. The summed E-state index contributed by atoms with van der Waals surface area (Å²) in [6.07, 6.45) is 3.68. The molecular weight excluding hydrogens is 640 g/mol. The number of nitrogens with one attached hydrogen (secondary N) is 1. The van der Waals surface area contributed by atoms with E-state index in [1.54, 1.807) is 23.7 Å². The van der Waals surface area contributed by atoms with Crippen molar-refractivity contribution in [3.05, 3.63) is 78.5 Å². The normalized spacial score (nSPS) is 15.8. The van der Waals surface area contributed by atoms with Crippen LogP contribution in [0.15, 0.2) is 66.9 Å². The van der Waals surface area contributed by atoms with Crippen LogP contribution < -0.4 is 30.3 Å². The maximum Gasteiger partial charge on any atom is 0.257 e. The highest BCUT2D eigenvalue weighted by Gasteiger charge is 2.57. The van der Waals surface area contributed by atoms with Gasteiger partial charge in [0.1, 0.15) is 17.0 Å². The van der Waals surface area contributed by atoms with Gasteiger partial charge in [-0.25, -0.2) is 14.3 Å². The molecule has 0 spiro atoms. The highest BCUT2D eigenvalue weighted by Crippen LogP contribution is 2.49. The molecule has 0 atom stereocenters. The first-order chi connectivity index (χ1) is 23.6. The summed E-state index contributed by atoms with van der Waals surface area (Å²) in [7, 11) is 1.51. The van der Waals surface area contributed by atoms with E-state index in [0.717, 1.165) is 23.8 Å². The monoisotopic (exact) mass is 675 g/mol. The van der Waals surface area contributed by atoms with Crippen LogP contribution in [0, 0.1) is 23.0 Å². The third kappa shape index (κ3) is 7.10. The van der Waals surface area contributed by atoms with Crippen molar-refractivity contribution in [1.29, 1.82) is 0 Å². The van der Waals surface area contributed by atoms with Crippen molar-refractivity contribution in [2.24, 2.45) is 17.1 Å². The number of carbonyl (C=O) groups is 3. The third-order valence-corrected chi connectivity index (χ3v) is 8.97. The van der Waals surface area contributed by atoms with Gasteiger partial charge >= 0.3 is 0 Å². The summed E-state index contributed by atoms with van der Waals surface area (Å²) in [4.78, 5) is 44.8. The number of anilines is 2. The molecule has 1 saturated carbocycles. The number of hydrogen-bond donors (Lipinski definition) is 3. The number of rotatable bonds is 12. The zero-order valence-corrected chi connectivity index (χ0v) is 26.7. The zero-order chi connectivity index (χ0) is 34.7. The fourth-order valence-corrected chi connectivity index (χ4v) is 5.96. The Morgan fingerprint density at radius 3 is 2.33 bits per heavy atom. The topological polar surface area (TPSA) is 157 Å². The minimum atomic E-state index is -1.41. The number of amides is 3. The lowest BCUT2D eigenvalue weighted by atomic mass is 9.98. The minimum absolute atomic E-state index is 0.110. The average Bonchev–Trinajstić information content (AvgIpc) is 3.92. The number of hydrogen-bond acceptors (Lipinski definition) is 9. The van der Waals surface area contributed by atoms with Crippen LogP contribution >= 0.6 is 0 Å². The quantitative estimate of drug-likeness (QED) is 0.109. The molecule has 0 unspecified atom stereocenters. The number of nitrogens with two attached hydrogens (primary N) is 1. The van der Waals surface area contributed by atoms with Crippen LogP contribution in [0.1, 0.15) is 25.7 Å². The third-order valence-electron chi connectivity index (χ3n) is 8.97. The number of pyridine rings is 1. The minimum Gasteiger partial charge on any atom is -0.493 e. The molecule has 4 N–H and O–H groups in total. The SMILES string of the molecule is COc1cc2c(Oc3ccc(N(C(=O)C4(C(N)=O)CC4)c4ccc(F)cc4)cc3F)ccnc2cc1OCC1CCN(CC(=O)NO)CC1. The van der Waals surface area contributed by atoms with Crippen molar-refractivity contribution in [1.82, 2.24) is 15.4 Å². The average molecular weight is 676 g/mol. The van der Waals surface area contributed by atoms with Crippen molar-refractivity contribution >= 4 is 40.0 Å². The van der Waals surface area contributed by atoms with Crippen LogP contribution in [0.3, 0.4) is 0 Å². The second-order valence-corrected chi connectivity index (χ2v) is 12.2. The summed E-state index contributed by atoms with van der Waals surface area (Å²) in [6.45, 7) is 1.96. The van der Waals surface area contributed by atoms with Crippen molar-refractivity contribution in [2.45, 2.75) is 25.7 Å². The van der Waals surface area contributed by atoms with Crippen molar-refractivity contribution in [3.63, 3.8) is 0 Å². The maximum atomic E-state index is 15.7. The standard InChI is InChI=1S/C35H35F2N5O7/c1-47-30-17-25-27(18-31(30)48-20-21-9-14-41(15-10-21)19-32(43)40-46)39-13-8-28(25)49-29-7-6-24(16-26(29)37)42(23-4-2-22(36)3-5-23)34(45)35(11-12-35)33(38)44/h2-8,13,16-18,21,46H,9-12,14-15,19-20H2,1H3,(H2,38,44)(H,40,43). The molecule has 256 valence electrons. The van der Waals surface area contributed by atoms with Crippen molar-refractivity contribution < 1.29 is 42.6 Å². The van der Waals surface area contributed by atoms with E-state index >= 15 is 4.39 Å². The first-order valence-electron chi connectivity index (χ1n) is 15.7. The molecule has 49 heavy (non-hydrogen) atoms. The Labute approximate surface area is 280 Å². The lowest BCUT2D eigenvalue weighted by Gasteiger charge is -2.31. The number of aromatic nitrogens is 1. The number of carbonyl (C=O) groups excluding carboxylic acids is 3. The largest absolute Gasteiger partial charge is 0.493 e. The number of halogens is 2. The van der Waals surface area contributed by atoms with Gasteiger partial charge in [0.25, 0.3) is 5.91 Å².